The van der Waals surface area contributed by atoms with Gasteiger partial charge in [0.1, 0.15) is 0 Å². The smallest absolute Gasteiger partial charge is 0.243 e. The van der Waals surface area contributed by atoms with Crippen molar-refractivity contribution in [1.82, 2.24) is 9.21 Å². The topological polar surface area (TPSA) is 96.4 Å². The molecule has 1 N–H and O–H groups in total. The van der Waals surface area contributed by atoms with Crippen LogP contribution in [0, 0.1) is 11.8 Å². The van der Waals surface area contributed by atoms with Gasteiger partial charge in [-0.2, -0.15) is 4.31 Å². The highest BCUT2D eigenvalue weighted by atomic mass is 32.2. The zero-order chi connectivity index (χ0) is 23.0. The van der Waals surface area contributed by atoms with Crippen LogP contribution in [0.15, 0.2) is 35.2 Å². The highest BCUT2D eigenvalue weighted by Crippen LogP contribution is 2.23. The van der Waals surface area contributed by atoms with Crippen molar-refractivity contribution in [3.63, 3.8) is 0 Å². The molecular weight excluding hydrogens is 420 g/mol. The number of hydrogen-bond acceptors (Lipinski definition) is 6. The third kappa shape index (κ3) is 6.73. The number of aliphatic hydroxyl groups is 1. The molecule has 31 heavy (non-hydrogen) atoms. The highest BCUT2D eigenvalue weighted by Gasteiger charge is 2.33. The minimum atomic E-state index is -3.79. The molecule has 0 spiro atoms. The Balaban J connectivity index is 2.11. The van der Waals surface area contributed by atoms with Gasteiger partial charge in [-0.05, 0) is 37.8 Å². The molecule has 0 aliphatic carbocycles. The number of amides is 1. The average molecular weight is 457 g/mol. The van der Waals surface area contributed by atoms with Crippen molar-refractivity contribution in [3.8, 4) is 0 Å². The fraction of sp³-hybridized carbons (Fsp3) is 0.682. The van der Waals surface area contributed by atoms with Gasteiger partial charge in [0.15, 0.2) is 0 Å². The summed E-state index contributed by atoms with van der Waals surface area (Å²) in [7, 11) is -0.464. The lowest BCUT2D eigenvalue weighted by molar-refractivity contribution is -0.139. The molecule has 2 rings (SSSR count). The van der Waals surface area contributed by atoms with E-state index in [0.717, 1.165) is 0 Å². The molecule has 3 atom stereocenters. The zero-order valence-corrected chi connectivity index (χ0v) is 19.8. The van der Waals surface area contributed by atoms with Crippen molar-refractivity contribution in [2.24, 2.45) is 11.8 Å². The molecule has 1 aliphatic rings. The minimum absolute atomic E-state index is 0.0454. The van der Waals surface area contributed by atoms with E-state index >= 15 is 0 Å². The Morgan fingerprint density at radius 1 is 1.19 bits per heavy atom. The largest absolute Gasteiger partial charge is 0.395 e. The second kappa shape index (κ2) is 11.9. The molecule has 0 unspecified atom stereocenters. The molecule has 1 aromatic rings. The Morgan fingerprint density at radius 2 is 1.81 bits per heavy atom. The van der Waals surface area contributed by atoms with Crippen LogP contribution in [-0.4, -0.2) is 87.9 Å². The molecule has 9 heteroatoms. The van der Waals surface area contributed by atoms with Crippen molar-refractivity contribution in [1.29, 1.82) is 0 Å². The summed E-state index contributed by atoms with van der Waals surface area (Å²) in [6, 6.07) is 7.61. The third-order valence-electron chi connectivity index (χ3n) is 5.91. The van der Waals surface area contributed by atoms with Gasteiger partial charge in [-0.3, -0.25) is 4.79 Å². The van der Waals surface area contributed by atoms with Crippen molar-refractivity contribution in [3.05, 3.63) is 30.3 Å². The molecule has 0 saturated carbocycles. The Bertz CT molecular complexity index is 782. The fourth-order valence-corrected chi connectivity index (χ4v) is 5.58. The molecule has 0 bridgehead atoms. The van der Waals surface area contributed by atoms with Gasteiger partial charge in [0.25, 0.3) is 0 Å². The van der Waals surface area contributed by atoms with Gasteiger partial charge in [0, 0.05) is 52.4 Å². The van der Waals surface area contributed by atoms with Gasteiger partial charge >= 0.3 is 0 Å². The monoisotopic (exact) mass is 456 g/mol. The van der Waals surface area contributed by atoms with Crippen LogP contribution in [0.5, 0.6) is 0 Å². The van der Waals surface area contributed by atoms with Crippen LogP contribution >= 0.6 is 0 Å². The van der Waals surface area contributed by atoms with Crippen LogP contribution in [-0.2, 0) is 24.3 Å². The van der Waals surface area contributed by atoms with Gasteiger partial charge in [-0.15, -0.1) is 0 Å². The number of aliphatic hydroxyl groups excluding tert-OH is 1. The number of likely N-dealkylation sites (N-methyl/N-ethyl adjacent to an activating group) is 1. The first kappa shape index (κ1) is 25.7. The van der Waals surface area contributed by atoms with E-state index < -0.39 is 16.1 Å². The molecule has 176 valence electrons. The second-order valence-corrected chi connectivity index (χ2v) is 10.2. The lowest BCUT2D eigenvalue weighted by Gasteiger charge is -2.34. The van der Waals surface area contributed by atoms with E-state index in [9.17, 15) is 18.3 Å². The third-order valence-corrected chi connectivity index (χ3v) is 7.91. The molecule has 8 nitrogen and oxygen atoms in total. The number of ether oxygens (including phenoxy) is 2. The first-order valence-electron chi connectivity index (χ1n) is 10.8. The van der Waals surface area contributed by atoms with E-state index in [1.54, 1.807) is 56.3 Å². The number of nitrogens with zero attached hydrogens (tertiary/aromatic N) is 2. The van der Waals surface area contributed by atoms with Crippen LogP contribution in [0.25, 0.3) is 0 Å². The van der Waals surface area contributed by atoms with Crippen LogP contribution in [0.2, 0.25) is 0 Å². The fourth-order valence-electron chi connectivity index (χ4n) is 3.84. The Kier molecular flexibility index (Phi) is 9.90. The summed E-state index contributed by atoms with van der Waals surface area (Å²) >= 11 is 0. The van der Waals surface area contributed by atoms with Gasteiger partial charge in [0.05, 0.1) is 17.6 Å². The molecule has 1 heterocycles. The normalized spacial score (nSPS) is 18.5. The number of methoxy groups -OCH3 is 1. The average Bonchev–Trinajstić information content (AvgIpc) is 2.80. The second-order valence-electron chi connectivity index (χ2n) is 8.28. The van der Waals surface area contributed by atoms with E-state index in [4.69, 9.17) is 9.47 Å². The first-order valence-corrected chi connectivity index (χ1v) is 12.2. The lowest BCUT2D eigenvalue weighted by atomic mass is 9.98. The van der Waals surface area contributed by atoms with Gasteiger partial charge < -0.3 is 19.5 Å². The maximum Gasteiger partial charge on any atom is 0.243 e. The molecule has 1 saturated heterocycles. The van der Waals surface area contributed by atoms with Gasteiger partial charge in [-0.25, -0.2) is 8.42 Å². The first-order chi connectivity index (χ1) is 14.7. The van der Waals surface area contributed by atoms with Crippen molar-refractivity contribution >= 4 is 15.9 Å². The SMILES string of the molecule is CO[C@@H](CN(C)C(=O)C1CCOCC1)[C@@H](C)CN([C@@H](C)CO)S(=O)(=O)c1ccccc1. The summed E-state index contributed by atoms with van der Waals surface area (Å²) in [4.78, 5) is 14.6. The Labute approximate surface area is 186 Å². The molecule has 1 fully saturated rings. The molecule has 1 aliphatic heterocycles. The number of rotatable bonds is 11. The zero-order valence-electron chi connectivity index (χ0n) is 18.9. The molecule has 0 radical (unpaired) electrons. The maximum atomic E-state index is 13.2. The predicted molar refractivity (Wildman–Crippen MR) is 118 cm³/mol. The number of carbonyl (C=O) groups excluding carboxylic acids is 1. The van der Waals surface area contributed by atoms with E-state index in [1.807, 2.05) is 6.92 Å². The van der Waals surface area contributed by atoms with Crippen LogP contribution < -0.4 is 0 Å². The summed E-state index contributed by atoms with van der Waals surface area (Å²) in [5.41, 5.74) is 0. The van der Waals surface area contributed by atoms with Crippen LogP contribution in [0.3, 0.4) is 0 Å². The molecule has 0 aromatic heterocycles. The summed E-state index contributed by atoms with van der Waals surface area (Å²) in [5, 5.41) is 9.69. The van der Waals surface area contributed by atoms with E-state index in [1.165, 1.54) is 4.31 Å². The summed E-state index contributed by atoms with van der Waals surface area (Å²) < 4.78 is 38.7. The van der Waals surface area contributed by atoms with Gasteiger partial charge in [0.2, 0.25) is 15.9 Å². The maximum absolute atomic E-state index is 13.2. The summed E-state index contributed by atoms with van der Waals surface area (Å²) in [6.45, 7) is 5.00. The van der Waals surface area contributed by atoms with Crippen LogP contribution in [0.1, 0.15) is 26.7 Å². The van der Waals surface area contributed by atoms with Crippen molar-refractivity contribution < 1.29 is 27.8 Å². The Hall–Kier alpha value is -1.52. The van der Waals surface area contributed by atoms with E-state index in [0.29, 0.717) is 32.6 Å². The molecule has 1 aromatic carbocycles. The number of hydrogen-bond donors (Lipinski definition) is 1. The minimum Gasteiger partial charge on any atom is -0.395 e. The lowest BCUT2D eigenvalue weighted by Crippen LogP contribution is -2.48. The highest BCUT2D eigenvalue weighted by molar-refractivity contribution is 7.89. The number of benzene rings is 1. The number of sulfonamides is 1. The van der Waals surface area contributed by atoms with Crippen LogP contribution in [0.4, 0.5) is 0 Å². The van der Waals surface area contributed by atoms with Gasteiger partial charge in [-0.1, -0.05) is 25.1 Å². The quantitative estimate of drug-likeness (QED) is 0.543. The standard InChI is InChI=1S/C22H36N2O6S/c1-17(21(29-4)15-23(3)22(26)19-10-12-30-13-11-19)14-24(18(2)16-25)31(27,28)20-8-6-5-7-9-20/h5-9,17-19,21,25H,10-16H2,1-4H3/t17-,18-,21-/m0/s1. The summed E-state index contributed by atoms with van der Waals surface area (Å²) in [6.07, 6.45) is 1.08. The molecular formula is C22H36N2O6S. The van der Waals surface area contributed by atoms with Crippen molar-refractivity contribution in [2.45, 2.75) is 43.7 Å². The summed E-state index contributed by atoms with van der Waals surface area (Å²) in [5.74, 6) is -0.187. The van der Waals surface area contributed by atoms with E-state index in [-0.39, 0.29) is 41.9 Å². The van der Waals surface area contributed by atoms with E-state index in [2.05, 4.69) is 0 Å². The Morgan fingerprint density at radius 3 is 2.35 bits per heavy atom. The predicted octanol–water partition coefficient (Wildman–Crippen LogP) is 1.59. The number of carbonyl (C=O) groups is 1. The van der Waals surface area contributed by atoms with Crippen molar-refractivity contribution in [2.75, 3.05) is 47.1 Å². The molecule has 1 amide bonds.